The monoisotopic (exact) mass is 278 g/mol. The van der Waals surface area contributed by atoms with Crippen LogP contribution in [0.4, 0.5) is 0 Å². The summed E-state index contributed by atoms with van der Waals surface area (Å²) in [6, 6.07) is 7.89. The molecule has 102 valence electrons. The van der Waals surface area contributed by atoms with Crippen LogP contribution in [0.5, 0.6) is 0 Å². The highest BCUT2D eigenvalue weighted by molar-refractivity contribution is 6.30. The lowest BCUT2D eigenvalue weighted by molar-refractivity contribution is -0.129. The number of hydrogen-bond donors (Lipinski definition) is 0. The first-order valence-electron chi connectivity index (χ1n) is 6.54. The number of rotatable bonds is 4. The molecule has 4 heteroatoms. The van der Waals surface area contributed by atoms with Crippen LogP contribution in [0.2, 0.25) is 5.02 Å². The number of amides is 1. The summed E-state index contributed by atoms with van der Waals surface area (Å²) in [5, 5.41) is 0.761. The van der Waals surface area contributed by atoms with Crippen molar-refractivity contribution in [1.82, 2.24) is 9.80 Å². The van der Waals surface area contributed by atoms with Crippen molar-refractivity contribution in [3.63, 3.8) is 0 Å². The number of halogens is 1. The van der Waals surface area contributed by atoms with E-state index in [2.05, 4.69) is 17.5 Å². The molecule has 3 nitrogen and oxygen atoms in total. The molecule has 1 aliphatic rings. The molecule has 0 atom stereocenters. The molecule has 1 amide bonds. The second-order valence-electron chi connectivity index (χ2n) is 4.78. The SMILES string of the molecule is C=CCN1CCN(Cc2cccc(Cl)c2)CCC1=O. The second kappa shape index (κ2) is 6.73. The molecule has 0 saturated carbocycles. The van der Waals surface area contributed by atoms with Gasteiger partial charge in [-0.2, -0.15) is 0 Å². The van der Waals surface area contributed by atoms with Crippen molar-refractivity contribution in [3.8, 4) is 0 Å². The summed E-state index contributed by atoms with van der Waals surface area (Å²) in [5.41, 5.74) is 1.19. The number of nitrogens with zero attached hydrogens (tertiary/aromatic N) is 2. The zero-order valence-corrected chi connectivity index (χ0v) is 11.8. The predicted octanol–water partition coefficient (Wildman–Crippen LogP) is 2.56. The van der Waals surface area contributed by atoms with E-state index in [4.69, 9.17) is 11.6 Å². The van der Waals surface area contributed by atoms with E-state index < -0.39 is 0 Å². The number of hydrogen-bond acceptors (Lipinski definition) is 2. The fourth-order valence-electron chi connectivity index (χ4n) is 2.31. The molecule has 1 saturated heterocycles. The molecule has 1 aromatic carbocycles. The molecular formula is C15H19ClN2O. The van der Waals surface area contributed by atoms with E-state index in [0.29, 0.717) is 13.0 Å². The molecule has 0 unspecified atom stereocenters. The lowest BCUT2D eigenvalue weighted by Gasteiger charge is -2.21. The molecule has 0 N–H and O–H groups in total. The Labute approximate surface area is 119 Å². The fraction of sp³-hybridized carbons (Fsp3) is 0.400. The Kier molecular flexibility index (Phi) is 5.00. The molecule has 0 bridgehead atoms. The van der Waals surface area contributed by atoms with Gasteiger partial charge in [-0.1, -0.05) is 29.8 Å². The highest BCUT2D eigenvalue weighted by Crippen LogP contribution is 2.14. The van der Waals surface area contributed by atoms with Crippen LogP contribution in [0.25, 0.3) is 0 Å². The van der Waals surface area contributed by atoms with Crippen LogP contribution >= 0.6 is 11.6 Å². The molecule has 1 heterocycles. The summed E-state index contributed by atoms with van der Waals surface area (Å²) < 4.78 is 0. The van der Waals surface area contributed by atoms with Crippen LogP contribution in [-0.2, 0) is 11.3 Å². The van der Waals surface area contributed by atoms with Gasteiger partial charge in [0, 0.05) is 44.2 Å². The molecular weight excluding hydrogens is 260 g/mol. The quantitative estimate of drug-likeness (QED) is 0.791. The van der Waals surface area contributed by atoms with Crippen molar-refractivity contribution in [3.05, 3.63) is 47.5 Å². The topological polar surface area (TPSA) is 23.6 Å². The first kappa shape index (κ1) is 14.1. The van der Waals surface area contributed by atoms with Crippen LogP contribution in [0.15, 0.2) is 36.9 Å². The average Bonchev–Trinajstić information content (AvgIpc) is 2.55. The van der Waals surface area contributed by atoms with Crippen molar-refractivity contribution >= 4 is 17.5 Å². The molecule has 1 fully saturated rings. The highest BCUT2D eigenvalue weighted by Gasteiger charge is 2.19. The maximum absolute atomic E-state index is 11.9. The zero-order chi connectivity index (χ0) is 13.7. The summed E-state index contributed by atoms with van der Waals surface area (Å²) in [5.74, 6) is 0.216. The minimum Gasteiger partial charge on any atom is -0.338 e. The minimum absolute atomic E-state index is 0.216. The van der Waals surface area contributed by atoms with Gasteiger partial charge in [0.15, 0.2) is 0 Å². The summed E-state index contributed by atoms with van der Waals surface area (Å²) in [4.78, 5) is 16.1. The van der Waals surface area contributed by atoms with Gasteiger partial charge in [0.05, 0.1) is 0 Å². The molecule has 19 heavy (non-hydrogen) atoms. The Morgan fingerprint density at radius 2 is 2.16 bits per heavy atom. The highest BCUT2D eigenvalue weighted by atomic mass is 35.5. The van der Waals surface area contributed by atoms with E-state index in [9.17, 15) is 4.79 Å². The van der Waals surface area contributed by atoms with Gasteiger partial charge in [-0.05, 0) is 17.7 Å². The number of benzene rings is 1. The summed E-state index contributed by atoms with van der Waals surface area (Å²) >= 11 is 5.99. The number of carbonyl (C=O) groups excluding carboxylic acids is 1. The molecule has 0 aromatic heterocycles. The van der Waals surface area contributed by atoms with Gasteiger partial charge in [0.1, 0.15) is 0 Å². The van der Waals surface area contributed by atoms with Gasteiger partial charge in [-0.3, -0.25) is 9.69 Å². The average molecular weight is 279 g/mol. The predicted molar refractivity (Wildman–Crippen MR) is 78.1 cm³/mol. The summed E-state index contributed by atoms with van der Waals surface area (Å²) in [6.07, 6.45) is 2.36. The Hall–Kier alpha value is -1.32. The van der Waals surface area contributed by atoms with E-state index in [1.807, 2.05) is 23.1 Å². The van der Waals surface area contributed by atoms with Gasteiger partial charge in [0.2, 0.25) is 5.91 Å². The van der Waals surface area contributed by atoms with Crippen molar-refractivity contribution in [1.29, 1.82) is 0 Å². The summed E-state index contributed by atoms with van der Waals surface area (Å²) in [6.45, 7) is 7.65. The Morgan fingerprint density at radius 1 is 1.32 bits per heavy atom. The third-order valence-electron chi connectivity index (χ3n) is 3.33. The maximum atomic E-state index is 11.9. The van der Waals surface area contributed by atoms with E-state index in [-0.39, 0.29) is 5.91 Å². The van der Waals surface area contributed by atoms with Gasteiger partial charge in [-0.15, -0.1) is 6.58 Å². The summed E-state index contributed by atoms with van der Waals surface area (Å²) in [7, 11) is 0. The molecule has 1 aromatic rings. The Bertz CT molecular complexity index is 461. The van der Waals surface area contributed by atoms with Crippen LogP contribution in [0.3, 0.4) is 0 Å². The smallest absolute Gasteiger partial charge is 0.224 e. The van der Waals surface area contributed by atoms with E-state index in [0.717, 1.165) is 31.2 Å². The number of carbonyl (C=O) groups is 1. The normalized spacial score (nSPS) is 17.3. The van der Waals surface area contributed by atoms with Crippen LogP contribution in [-0.4, -0.2) is 41.9 Å². The molecule has 0 radical (unpaired) electrons. The first-order chi connectivity index (χ1) is 9.19. The maximum Gasteiger partial charge on any atom is 0.224 e. The van der Waals surface area contributed by atoms with Crippen molar-refractivity contribution < 1.29 is 4.79 Å². The van der Waals surface area contributed by atoms with E-state index >= 15 is 0 Å². The first-order valence-corrected chi connectivity index (χ1v) is 6.92. The van der Waals surface area contributed by atoms with Crippen molar-refractivity contribution in [2.75, 3.05) is 26.2 Å². The minimum atomic E-state index is 0.216. The lowest BCUT2D eigenvalue weighted by Crippen LogP contribution is -2.33. The fourth-order valence-corrected chi connectivity index (χ4v) is 2.52. The lowest BCUT2D eigenvalue weighted by atomic mass is 10.2. The molecule has 0 spiro atoms. The van der Waals surface area contributed by atoms with Gasteiger partial charge < -0.3 is 4.90 Å². The van der Waals surface area contributed by atoms with Crippen molar-refractivity contribution in [2.45, 2.75) is 13.0 Å². The zero-order valence-electron chi connectivity index (χ0n) is 11.0. The van der Waals surface area contributed by atoms with E-state index in [1.165, 1.54) is 5.56 Å². The standard InChI is InChI=1S/C15H19ClN2O/c1-2-7-18-10-9-17(8-6-15(18)19)12-13-4-3-5-14(16)11-13/h2-5,11H,1,6-10,12H2. The Morgan fingerprint density at radius 3 is 2.89 bits per heavy atom. The van der Waals surface area contributed by atoms with Gasteiger partial charge in [-0.25, -0.2) is 0 Å². The third kappa shape index (κ3) is 4.08. The van der Waals surface area contributed by atoms with Crippen molar-refractivity contribution in [2.24, 2.45) is 0 Å². The molecule has 1 aliphatic heterocycles. The molecule has 0 aliphatic carbocycles. The van der Waals surface area contributed by atoms with Crippen LogP contribution < -0.4 is 0 Å². The van der Waals surface area contributed by atoms with Crippen LogP contribution in [0, 0.1) is 0 Å². The van der Waals surface area contributed by atoms with Crippen LogP contribution in [0.1, 0.15) is 12.0 Å². The largest absolute Gasteiger partial charge is 0.338 e. The van der Waals surface area contributed by atoms with E-state index in [1.54, 1.807) is 6.08 Å². The Balaban J connectivity index is 1.95. The third-order valence-corrected chi connectivity index (χ3v) is 3.56. The second-order valence-corrected chi connectivity index (χ2v) is 5.22. The van der Waals surface area contributed by atoms with Gasteiger partial charge in [0.25, 0.3) is 0 Å². The molecule has 2 rings (SSSR count). The van der Waals surface area contributed by atoms with Gasteiger partial charge >= 0.3 is 0 Å².